The Kier molecular flexibility index (Phi) is 10.5. The van der Waals surface area contributed by atoms with E-state index in [0.29, 0.717) is 15.3 Å². The lowest BCUT2D eigenvalue weighted by Gasteiger charge is -2.39. The van der Waals surface area contributed by atoms with Crippen molar-refractivity contribution in [2.45, 2.75) is 70.0 Å². The van der Waals surface area contributed by atoms with Crippen LogP contribution in [0.25, 0.3) is 10.2 Å². The molecule has 1 aliphatic rings. The Morgan fingerprint density at radius 1 is 1.02 bits per heavy atom. The Bertz CT molecular complexity index is 1910. The molecule has 1 fully saturated rings. The fourth-order valence-corrected chi connectivity index (χ4v) is 7.73. The molecule has 1 amide bonds. The molecule has 0 spiro atoms. The highest BCUT2D eigenvalue weighted by Crippen LogP contribution is 2.32. The van der Waals surface area contributed by atoms with Crippen LogP contribution in [-0.4, -0.2) is 72.2 Å². The van der Waals surface area contributed by atoms with Crippen molar-refractivity contribution in [1.82, 2.24) is 19.6 Å². The van der Waals surface area contributed by atoms with Gasteiger partial charge in [-0.05, 0) is 68.7 Å². The molecule has 0 bridgehead atoms. The van der Waals surface area contributed by atoms with Gasteiger partial charge in [0, 0.05) is 32.4 Å². The molecule has 2 aromatic carbocycles. The Hall–Kier alpha value is -4.28. The summed E-state index contributed by atoms with van der Waals surface area (Å²) in [5, 5.41) is 3.34. The monoisotopic (exact) mass is 719 g/mol. The number of anilines is 1. The minimum absolute atomic E-state index is 0.0675. The van der Waals surface area contributed by atoms with Crippen LogP contribution in [0.15, 0.2) is 65.7 Å². The van der Waals surface area contributed by atoms with Gasteiger partial charge in [0.2, 0.25) is 15.9 Å². The molecule has 1 N–H and O–H groups in total. The van der Waals surface area contributed by atoms with Gasteiger partial charge in [-0.2, -0.15) is 4.31 Å². The number of aryl methyl sites for hydroxylation is 1. The largest absolute Gasteiger partial charge is 0.573 e. The number of carbonyl (C=O) groups excluding carboxylic acids is 2. The van der Waals surface area contributed by atoms with Crippen molar-refractivity contribution in [3.63, 3.8) is 0 Å². The van der Waals surface area contributed by atoms with Crippen LogP contribution in [0, 0.1) is 0 Å². The van der Waals surface area contributed by atoms with Crippen LogP contribution in [0.5, 0.6) is 5.75 Å². The summed E-state index contributed by atoms with van der Waals surface area (Å²) in [5.74, 6) is -1.73. The van der Waals surface area contributed by atoms with Crippen LogP contribution in [0.2, 0.25) is 0 Å². The van der Waals surface area contributed by atoms with Crippen LogP contribution in [0.3, 0.4) is 0 Å². The van der Waals surface area contributed by atoms with Crippen LogP contribution in [0.4, 0.5) is 18.3 Å². The third-order valence-electron chi connectivity index (χ3n) is 7.47. The first-order valence-electron chi connectivity index (χ1n) is 15.5. The van der Waals surface area contributed by atoms with Gasteiger partial charge in [0.1, 0.15) is 17.4 Å². The molecule has 262 valence electrons. The second-order valence-electron chi connectivity index (χ2n) is 12.4. The molecule has 3 heterocycles. The van der Waals surface area contributed by atoms with Crippen molar-refractivity contribution in [3.05, 3.63) is 77.6 Å². The first-order valence-corrected chi connectivity index (χ1v) is 17.8. The molecule has 49 heavy (non-hydrogen) atoms. The van der Waals surface area contributed by atoms with Crippen molar-refractivity contribution < 1.29 is 40.7 Å². The van der Waals surface area contributed by atoms with Gasteiger partial charge in [0.05, 0.1) is 15.1 Å². The Morgan fingerprint density at radius 2 is 1.69 bits per heavy atom. The number of fused-ring (bicyclic) bond motifs is 1. The van der Waals surface area contributed by atoms with Crippen molar-refractivity contribution >= 4 is 48.6 Å². The van der Waals surface area contributed by atoms with Gasteiger partial charge in [-0.15, -0.1) is 13.2 Å². The Morgan fingerprint density at radius 3 is 2.33 bits per heavy atom. The number of hydrogen-bond acceptors (Lipinski definition) is 10. The van der Waals surface area contributed by atoms with Gasteiger partial charge < -0.3 is 19.7 Å². The van der Waals surface area contributed by atoms with Gasteiger partial charge in [0.25, 0.3) is 0 Å². The summed E-state index contributed by atoms with van der Waals surface area (Å²) < 4.78 is 76.8. The molecule has 1 saturated heterocycles. The van der Waals surface area contributed by atoms with Gasteiger partial charge >= 0.3 is 12.3 Å². The highest BCUT2D eigenvalue weighted by Gasteiger charge is 2.41. The number of benzene rings is 2. The lowest BCUT2D eigenvalue weighted by molar-refractivity contribution is -0.274. The summed E-state index contributed by atoms with van der Waals surface area (Å²) in [7, 11) is -4.34. The zero-order chi connectivity index (χ0) is 35.6. The van der Waals surface area contributed by atoms with Crippen LogP contribution < -0.4 is 15.0 Å². The first-order chi connectivity index (χ1) is 23.0. The molecular weight excluding hydrogens is 684 g/mol. The number of carbonyl (C=O) groups is 2. The van der Waals surface area contributed by atoms with Crippen molar-refractivity contribution in [2.75, 3.05) is 24.5 Å². The maximum absolute atomic E-state index is 13.9. The van der Waals surface area contributed by atoms with E-state index in [0.717, 1.165) is 52.5 Å². The third-order valence-corrected chi connectivity index (χ3v) is 10.5. The summed E-state index contributed by atoms with van der Waals surface area (Å²) in [6.45, 7) is 7.44. The van der Waals surface area contributed by atoms with E-state index in [1.165, 1.54) is 23.6 Å². The van der Waals surface area contributed by atoms with Crippen LogP contribution >= 0.6 is 11.3 Å². The smallest absolute Gasteiger partial charge is 0.455 e. The van der Waals surface area contributed by atoms with E-state index < -0.39 is 45.7 Å². The standard InChI is InChI=1S/C33H36F3N5O6S2/c1-5-6-21-7-9-22(10-8-21)18-38-29(42)27-20-40(31-39-25-17-26(37-19-28(25)48-31)30(43)47-32(2,3)4)15-16-41(27)49(44,45)24-13-11-23(12-14-24)46-33(34,35)36/h7-14,17,19,27H,5-6,15-16,18,20H2,1-4H3,(H,38,42). The summed E-state index contributed by atoms with van der Waals surface area (Å²) >= 11 is 1.27. The van der Waals surface area contributed by atoms with E-state index in [1.54, 1.807) is 25.7 Å². The molecule has 5 rings (SSSR count). The first kappa shape index (κ1) is 36.0. The number of alkyl halides is 3. The van der Waals surface area contributed by atoms with E-state index in [1.807, 2.05) is 24.3 Å². The predicted octanol–water partition coefficient (Wildman–Crippen LogP) is 5.69. The van der Waals surface area contributed by atoms with Gasteiger partial charge in [-0.25, -0.2) is 23.2 Å². The number of amides is 1. The maximum Gasteiger partial charge on any atom is 0.573 e. The minimum atomic E-state index is -4.94. The number of hydrogen-bond donors (Lipinski definition) is 1. The molecule has 16 heteroatoms. The molecule has 11 nitrogen and oxygen atoms in total. The molecular formula is C33H36F3N5O6S2. The van der Waals surface area contributed by atoms with Crippen LogP contribution in [0.1, 0.15) is 55.7 Å². The fourth-order valence-electron chi connectivity index (χ4n) is 5.21. The minimum Gasteiger partial charge on any atom is -0.455 e. The molecule has 1 atom stereocenters. The molecule has 1 aliphatic heterocycles. The second-order valence-corrected chi connectivity index (χ2v) is 15.3. The van der Waals surface area contributed by atoms with Gasteiger partial charge in [-0.3, -0.25) is 4.79 Å². The highest BCUT2D eigenvalue weighted by molar-refractivity contribution is 7.89. The average molecular weight is 720 g/mol. The predicted molar refractivity (Wildman–Crippen MR) is 178 cm³/mol. The molecule has 4 aromatic rings. The second kappa shape index (κ2) is 14.3. The van der Waals surface area contributed by atoms with E-state index in [4.69, 9.17) is 4.74 Å². The average Bonchev–Trinajstić information content (AvgIpc) is 3.46. The number of halogens is 3. The van der Waals surface area contributed by atoms with Crippen molar-refractivity contribution in [1.29, 1.82) is 0 Å². The van der Waals surface area contributed by atoms with E-state index in [2.05, 4.69) is 26.9 Å². The summed E-state index contributed by atoms with van der Waals surface area (Å²) in [5.41, 5.74) is 1.85. The molecule has 0 saturated carbocycles. The van der Waals surface area contributed by atoms with E-state index >= 15 is 0 Å². The zero-order valence-corrected chi connectivity index (χ0v) is 28.9. The zero-order valence-electron chi connectivity index (χ0n) is 27.3. The highest BCUT2D eigenvalue weighted by atomic mass is 32.2. The number of nitrogens with zero attached hydrogens (tertiary/aromatic N) is 4. The number of sulfonamides is 1. The third kappa shape index (κ3) is 9.05. The van der Waals surface area contributed by atoms with E-state index in [9.17, 15) is 31.2 Å². The number of thiazole rings is 1. The van der Waals surface area contributed by atoms with Crippen molar-refractivity contribution in [3.8, 4) is 5.75 Å². The topological polar surface area (TPSA) is 131 Å². The molecule has 2 aromatic heterocycles. The fraction of sp³-hybridized carbons (Fsp3) is 0.394. The number of nitrogens with one attached hydrogen (secondary N) is 1. The lowest BCUT2D eigenvalue weighted by Crippen LogP contribution is -2.60. The number of aromatic nitrogens is 2. The Labute approximate surface area is 286 Å². The number of piperazine rings is 1. The number of esters is 1. The number of rotatable bonds is 10. The van der Waals surface area contributed by atoms with Crippen LogP contribution in [-0.2, 0) is 32.5 Å². The van der Waals surface area contributed by atoms with Gasteiger partial charge in [0.15, 0.2) is 10.8 Å². The Balaban J connectivity index is 1.40. The summed E-state index contributed by atoms with van der Waals surface area (Å²) in [4.78, 5) is 36.7. The lowest BCUT2D eigenvalue weighted by atomic mass is 10.1. The SMILES string of the molecule is CCCc1ccc(CNC(=O)C2CN(c3nc4cc(C(=O)OC(C)(C)C)ncc4s3)CCN2S(=O)(=O)c2ccc(OC(F)(F)F)cc2)cc1. The maximum atomic E-state index is 13.9. The number of pyridine rings is 1. The molecule has 1 unspecified atom stereocenters. The summed E-state index contributed by atoms with van der Waals surface area (Å²) in [6, 6.07) is 11.9. The quantitative estimate of drug-likeness (QED) is 0.205. The van der Waals surface area contributed by atoms with Crippen molar-refractivity contribution in [2.24, 2.45) is 0 Å². The molecule has 0 radical (unpaired) electrons. The number of ether oxygens (including phenoxy) is 2. The molecule has 0 aliphatic carbocycles. The summed E-state index contributed by atoms with van der Waals surface area (Å²) in [6.07, 6.45) is -1.51. The van der Waals surface area contributed by atoms with Gasteiger partial charge in [-0.1, -0.05) is 48.9 Å². The normalized spacial score (nSPS) is 16.1. The van der Waals surface area contributed by atoms with E-state index in [-0.39, 0.29) is 36.8 Å².